The van der Waals surface area contributed by atoms with Gasteiger partial charge in [-0.25, -0.2) is 4.98 Å². The fourth-order valence-electron chi connectivity index (χ4n) is 2.01. The number of para-hydroxylation sites is 1. The number of nitrogens with zero attached hydrogens (tertiary/aromatic N) is 1. The molecule has 1 heterocycles. The number of nitrogens with one attached hydrogen (secondary N) is 1. The molecule has 90 valence electrons. The highest BCUT2D eigenvalue weighted by Gasteiger charge is 2.10. The predicted molar refractivity (Wildman–Crippen MR) is 75.6 cm³/mol. The van der Waals surface area contributed by atoms with E-state index in [9.17, 15) is 5.11 Å². The van der Waals surface area contributed by atoms with E-state index in [0.29, 0.717) is 11.4 Å². The zero-order valence-corrected chi connectivity index (χ0v) is 11.3. The maximum absolute atomic E-state index is 9.95. The van der Waals surface area contributed by atoms with Gasteiger partial charge in [-0.15, -0.1) is 0 Å². The molecule has 0 amide bonds. The summed E-state index contributed by atoms with van der Waals surface area (Å²) < 4.78 is 0.844. The van der Waals surface area contributed by atoms with Crippen molar-refractivity contribution in [2.75, 3.05) is 0 Å². The zero-order chi connectivity index (χ0) is 12.7. The van der Waals surface area contributed by atoms with Crippen LogP contribution in [0.4, 0.5) is 0 Å². The Hall–Kier alpha value is -1.81. The molecule has 0 saturated heterocycles. The van der Waals surface area contributed by atoms with Gasteiger partial charge in [-0.2, -0.15) is 0 Å². The minimum absolute atomic E-state index is 0.209. The van der Waals surface area contributed by atoms with E-state index in [0.717, 1.165) is 21.1 Å². The maximum Gasteiger partial charge on any atom is 0.142 e. The molecule has 0 radical (unpaired) electrons. The van der Waals surface area contributed by atoms with Crippen LogP contribution in [0.1, 0.15) is 5.56 Å². The monoisotopic (exact) mass is 302 g/mol. The molecule has 2 aromatic carbocycles. The Morgan fingerprint density at radius 3 is 2.78 bits per heavy atom. The topological polar surface area (TPSA) is 48.9 Å². The molecule has 0 saturated carbocycles. The summed E-state index contributed by atoms with van der Waals surface area (Å²) in [7, 11) is 0. The Morgan fingerprint density at radius 1 is 1.22 bits per heavy atom. The van der Waals surface area contributed by atoms with Crippen molar-refractivity contribution in [2.45, 2.75) is 6.92 Å². The van der Waals surface area contributed by atoms with E-state index in [1.807, 2.05) is 37.3 Å². The van der Waals surface area contributed by atoms with Gasteiger partial charge in [0.05, 0.1) is 16.6 Å². The molecule has 0 spiro atoms. The van der Waals surface area contributed by atoms with Gasteiger partial charge in [0.2, 0.25) is 0 Å². The van der Waals surface area contributed by atoms with Crippen LogP contribution in [0.5, 0.6) is 5.75 Å². The van der Waals surface area contributed by atoms with E-state index in [4.69, 9.17) is 0 Å². The van der Waals surface area contributed by atoms with Crippen LogP contribution in [0, 0.1) is 6.92 Å². The molecule has 0 bridgehead atoms. The highest BCUT2D eigenvalue weighted by atomic mass is 79.9. The van der Waals surface area contributed by atoms with Gasteiger partial charge >= 0.3 is 0 Å². The van der Waals surface area contributed by atoms with E-state index in [2.05, 4.69) is 25.9 Å². The van der Waals surface area contributed by atoms with Gasteiger partial charge in [-0.3, -0.25) is 0 Å². The first-order valence-corrected chi connectivity index (χ1v) is 6.38. The third kappa shape index (κ3) is 1.78. The molecule has 0 aliphatic rings. The molecule has 18 heavy (non-hydrogen) atoms. The van der Waals surface area contributed by atoms with Crippen LogP contribution in [0.25, 0.3) is 22.4 Å². The Morgan fingerprint density at radius 2 is 2.06 bits per heavy atom. The van der Waals surface area contributed by atoms with Crippen molar-refractivity contribution in [1.29, 1.82) is 0 Å². The highest BCUT2D eigenvalue weighted by Crippen LogP contribution is 2.31. The normalized spacial score (nSPS) is 11.0. The average molecular weight is 303 g/mol. The molecule has 0 unspecified atom stereocenters. The minimum Gasteiger partial charge on any atom is -0.507 e. The fraction of sp³-hybridized carbons (Fsp3) is 0.0714. The summed E-state index contributed by atoms with van der Waals surface area (Å²) in [5.74, 6) is 0.894. The fourth-order valence-corrected chi connectivity index (χ4v) is 2.36. The number of hydrogen-bond acceptors (Lipinski definition) is 2. The van der Waals surface area contributed by atoms with Crippen LogP contribution in [-0.2, 0) is 0 Å². The number of halogens is 1. The first kappa shape index (κ1) is 11.3. The Kier molecular flexibility index (Phi) is 2.59. The first-order valence-electron chi connectivity index (χ1n) is 5.59. The van der Waals surface area contributed by atoms with Gasteiger partial charge in [-0.05, 0) is 36.8 Å². The summed E-state index contributed by atoms with van der Waals surface area (Å²) in [5.41, 5.74) is 3.74. The number of rotatable bonds is 1. The molecule has 1 aromatic heterocycles. The lowest BCUT2D eigenvalue weighted by atomic mass is 10.2. The highest BCUT2D eigenvalue weighted by molar-refractivity contribution is 9.10. The second-order valence-corrected chi connectivity index (χ2v) is 5.13. The number of aromatic amines is 1. The van der Waals surface area contributed by atoms with Crippen molar-refractivity contribution >= 4 is 27.0 Å². The number of H-pyrrole nitrogens is 1. The van der Waals surface area contributed by atoms with Crippen molar-refractivity contribution in [1.82, 2.24) is 9.97 Å². The molecule has 0 fully saturated rings. The van der Waals surface area contributed by atoms with Gasteiger partial charge in [-0.1, -0.05) is 28.1 Å². The average Bonchev–Trinajstić information content (AvgIpc) is 2.74. The third-order valence-corrected chi connectivity index (χ3v) is 3.42. The lowest BCUT2D eigenvalue weighted by Crippen LogP contribution is -1.81. The predicted octanol–water partition coefficient (Wildman–Crippen LogP) is 4.01. The van der Waals surface area contributed by atoms with Crippen molar-refractivity contribution in [3.63, 3.8) is 0 Å². The van der Waals surface area contributed by atoms with Crippen molar-refractivity contribution in [3.8, 4) is 17.1 Å². The Labute approximate surface area is 113 Å². The van der Waals surface area contributed by atoms with E-state index < -0.39 is 0 Å². The van der Waals surface area contributed by atoms with E-state index in [1.54, 1.807) is 6.07 Å². The second kappa shape index (κ2) is 4.14. The molecule has 3 aromatic rings. The van der Waals surface area contributed by atoms with Crippen molar-refractivity contribution in [3.05, 3.63) is 46.4 Å². The zero-order valence-electron chi connectivity index (χ0n) is 9.74. The van der Waals surface area contributed by atoms with Crippen molar-refractivity contribution in [2.24, 2.45) is 0 Å². The van der Waals surface area contributed by atoms with E-state index >= 15 is 0 Å². The third-order valence-electron chi connectivity index (χ3n) is 2.93. The molecule has 4 heteroatoms. The summed E-state index contributed by atoms with van der Waals surface area (Å²) in [6.07, 6.45) is 0. The molecule has 3 rings (SSSR count). The number of imidazole rings is 1. The SMILES string of the molecule is Cc1cccc2[nH]c(-c3ccc(Br)cc3O)nc12. The summed E-state index contributed by atoms with van der Waals surface area (Å²) >= 11 is 3.32. The van der Waals surface area contributed by atoms with E-state index in [1.165, 1.54) is 0 Å². The summed E-state index contributed by atoms with van der Waals surface area (Å²) in [5, 5.41) is 9.95. The molecule has 0 aliphatic carbocycles. The van der Waals surface area contributed by atoms with E-state index in [-0.39, 0.29) is 5.75 Å². The van der Waals surface area contributed by atoms with Crippen LogP contribution < -0.4 is 0 Å². The standard InChI is InChI=1S/C14H11BrN2O/c1-8-3-2-4-11-13(8)17-14(16-11)10-6-5-9(15)7-12(10)18/h2-7,18H,1H3,(H,16,17). The number of fused-ring (bicyclic) bond motifs is 1. The molecule has 2 N–H and O–H groups in total. The number of phenols is 1. The quantitative estimate of drug-likeness (QED) is 0.713. The molecule has 3 nitrogen and oxygen atoms in total. The first-order chi connectivity index (χ1) is 8.65. The molecule has 0 aliphatic heterocycles. The summed E-state index contributed by atoms with van der Waals surface area (Å²) in [6, 6.07) is 11.4. The van der Waals surface area contributed by atoms with Crippen LogP contribution >= 0.6 is 15.9 Å². The number of aromatic nitrogens is 2. The minimum atomic E-state index is 0.209. The number of phenolic OH excluding ortho intramolecular Hbond substituents is 1. The number of aromatic hydroxyl groups is 1. The van der Waals surface area contributed by atoms with Crippen LogP contribution in [0.3, 0.4) is 0 Å². The molecular weight excluding hydrogens is 292 g/mol. The van der Waals surface area contributed by atoms with Crippen LogP contribution in [-0.4, -0.2) is 15.1 Å². The lowest BCUT2D eigenvalue weighted by molar-refractivity contribution is 0.476. The van der Waals surface area contributed by atoms with Gasteiger partial charge in [0, 0.05) is 4.47 Å². The summed E-state index contributed by atoms with van der Waals surface area (Å²) in [6.45, 7) is 2.02. The number of benzene rings is 2. The smallest absolute Gasteiger partial charge is 0.142 e. The Balaban J connectivity index is 2.23. The molecular formula is C14H11BrN2O. The van der Waals surface area contributed by atoms with Crippen LogP contribution in [0.2, 0.25) is 0 Å². The van der Waals surface area contributed by atoms with Gasteiger partial charge in [0.15, 0.2) is 0 Å². The summed E-state index contributed by atoms with van der Waals surface area (Å²) in [4.78, 5) is 7.77. The van der Waals surface area contributed by atoms with Gasteiger partial charge in [0.25, 0.3) is 0 Å². The number of aryl methyl sites for hydroxylation is 1. The molecule has 0 atom stereocenters. The van der Waals surface area contributed by atoms with Crippen molar-refractivity contribution < 1.29 is 5.11 Å². The Bertz CT molecular complexity index is 734. The van der Waals surface area contributed by atoms with Gasteiger partial charge < -0.3 is 10.1 Å². The van der Waals surface area contributed by atoms with Crippen LogP contribution in [0.15, 0.2) is 40.9 Å². The second-order valence-electron chi connectivity index (χ2n) is 4.22. The lowest BCUT2D eigenvalue weighted by Gasteiger charge is -2.01. The number of hydrogen-bond donors (Lipinski definition) is 2. The maximum atomic E-state index is 9.95. The van der Waals surface area contributed by atoms with Gasteiger partial charge in [0.1, 0.15) is 11.6 Å². The largest absolute Gasteiger partial charge is 0.507 e.